The van der Waals surface area contributed by atoms with Gasteiger partial charge in [0.25, 0.3) is 0 Å². The average molecular weight is 386 g/mol. The molecule has 0 atom stereocenters. The van der Waals surface area contributed by atoms with E-state index in [9.17, 15) is 8.78 Å². The molecule has 1 aliphatic rings. The molecule has 0 spiro atoms. The molecule has 10 heteroatoms. The Kier molecular flexibility index (Phi) is 4.94. The number of nitrogen functional groups attached to an aromatic ring is 1. The van der Waals surface area contributed by atoms with Gasteiger partial charge in [0.15, 0.2) is 0 Å². The summed E-state index contributed by atoms with van der Waals surface area (Å²) in [5, 5.41) is 0. The Balaban J connectivity index is 1.73. The topological polar surface area (TPSA) is 99.3 Å². The van der Waals surface area contributed by atoms with Crippen LogP contribution in [0, 0.1) is 11.6 Å². The van der Waals surface area contributed by atoms with Crippen LogP contribution in [0.4, 0.5) is 20.7 Å². The highest BCUT2D eigenvalue weighted by atomic mass is 19.1. The van der Waals surface area contributed by atoms with Crippen molar-refractivity contribution in [2.45, 2.75) is 0 Å². The molecule has 4 rings (SSSR count). The van der Waals surface area contributed by atoms with Crippen LogP contribution in [0.5, 0.6) is 11.6 Å². The third-order valence-electron chi connectivity index (χ3n) is 4.01. The van der Waals surface area contributed by atoms with Crippen LogP contribution in [0.1, 0.15) is 0 Å². The molecule has 28 heavy (non-hydrogen) atoms. The normalized spacial score (nSPS) is 14.1. The van der Waals surface area contributed by atoms with Gasteiger partial charge in [-0.3, -0.25) is 0 Å². The van der Waals surface area contributed by atoms with Crippen molar-refractivity contribution < 1.29 is 18.3 Å². The van der Waals surface area contributed by atoms with Crippen molar-refractivity contribution in [2.75, 3.05) is 36.9 Å². The van der Waals surface area contributed by atoms with E-state index in [0.717, 1.165) is 18.2 Å². The number of halogens is 2. The fourth-order valence-corrected chi connectivity index (χ4v) is 2.70. The molecular formula is C18H16F2N6O2. The maximum Gasteiger partial charge on any atom is 0.229 e. The number of nitrogens with zero attached hydrogens (tertiary/aromatic N) is 5. The summed E-state index contributed by atoms with van der Waals surface area (Å²) in [6, 6.07) is 4.46. The summed E-state index contributed by atoms with van der Waals surface area (Å²) < 4.78 is 37.9. The monoisotopic (exact) mass is 386 g/mol. The minimum Gasteiger partial charge on any atom is -0.439 e. The first-order valence-electron chi connectivity index (χ1n) is 8.50. The minimum atomic E-state index is -0.746. The number of aromatic nitrogens is 4. The SMILES string of the molecule is Nc1ncc(-c2cc(Oc3cc(F)cc(F)c3)nc(N3CCOCC3)n2)cn1. The zero-order chi connectivity index (χ0) is 19.5. The zero-order valence-corrected chi connectivity index (χ0v) is 14.7. The number of hydrogen-bond donors (Lipinski definition) is 1. The Morgan fingerprint density at radius 1 is 0.964 bits per heavy atom. The molecule has 3 heterocycles. The highest BCUT2D eigenvalue weighted by molar-refractivity contribution is 5.60. The number of nitrogens with two attached hydrogens (primary N) is 1. The first kappa shape index (κ1) is 18.0. The van der Waals surface area contributed by atoms with Gasteiger partial charge in [-0.2, -0.15) is 4.98 Å². The maximum absolute atomic E-state index is 13.5. The second-order valence-electron chi connectivity index (χ2n) is 6.03. The molecule has 2 N–H and O–H groups in total. The van der Waals surface area contributed by atoms with Gasteiger partial charge in [-0.25, -0.2) is 23.7 Å². The Labute approximate surface area is 159 Å². The Morgan fingerprint density at radius 2 is 1.64 bits per heavy atom. The smallest absolute Gasteiger partial charge is 0.229 e. The van der Waals surface area contributed by atoms with Crippen LogP contribution in [0.3, 0.4) is 0 Å². The van der Waals surface area contributed by atoms with Crippen LogP contribution in [0.25, 0.3) is 11.3 Å². The summed E-state index contributed by atoms with van der Waals surface area (Å²) in [5.74, 6) is -0.825. The van der Waals surface area contributed by atoms with E-state index in [4.69, 9.17) is 15.2 Å². The molecule has 1 fully saturated rings. The van der Waals surface area contributed by atoms with E-state index in [2.05, 4.69) is 19.9 Å². The molecule has 0 unspecified atom stereocenters. The first-order valence-corrected chi connectivity index (χ1v) is 8.50. The van der Waals surface area contributed by atoms with E-state index < -0.39 is 11.6 Å². The summed E-state index contributed by atoms with van der Waals surface area (Å²) in [7, 11) is 0. The minimum absolute atomic E-state index is 0.0105. The van der Waals surface area contributed by atoms with Gasteiger partial charge in [-0.05, 0) is 0 Å². The summed E-state index contributed by atoms with van der Waals surface area (Å²) in [5.41, 5.74) is 6.63. The molecule has 1 saturated heterocycles. The molecule has 0 radical (unpaired) electrons. The standard InChI is InChI=1S/C18H16F2N6O2/c19-12-5-13(20)7-14(6-12)28-16-8-15(11-9-22-17(21)23-10-11)24-18(25-16)26-1-3-27-4-2-26/h5-10H,1-4H2,(H2,21,22,23). The fraction of sp³-hybridized carbons (Fsp3) is 0.222. The highest BCUT2D eigenvalue weighted by Gasteiger charge is 2.18. The molecule has 3 aromatic rings. The van der Waals surface area contributed by atoms with Crippen LogP contribution < -0.4 is 15.4 Å². The quantitative estimate of drug-likeness (QED) is 0.730. The van der Waals surface area contributed by atoms with E-state index in [1.807, 2.05) is 4.90 Å². The van der Waals surface area contributed by atoms with Crippen molar-refractivity contribution >= 4 is 11.9 Å². The molecule has 1 aliphatic heterocycles. The third kappa shape index (κ3) is 4.12. The molecule has 0 saturated carbocycles. The predicted molar refractivity (Wildman–Crippen MR) is 96.9 cm³/mol. The van der Waals surface area contributed by atoms with Gasteiger partial charge in [0, 0.05) is 55.3 Å². The molecule has 0 bridgehead atoms. The molecule has 0 aliphatic carbocycles. The van der Waals surface area contributed by atoms with Crippen molar-refractivity contribution in [3.8, 4) is 22.9 Å². The van der Waals surface area contributed by atoms with Gasteiger partial charge < -0.3 is 20.1 Å². The number of rotatable bonds is 4. The van der Waals surface area contributed by atoms with Crippen LogP contribution in [-0.4, -0.2) is 46.2 Å². The van der Waals surface area contributed by atoms with Crippen molar-refractivity contribution in [2.24, 2.45) is 0 Å². The van der Waals surface area contributed by atoms with Gasteiger partial charge >= 0.3 is 0 Å². The molecule has 8 nitrogen and oxygen atoms in total. The number of hydrogen-bond acceptors (Lipinski definition) is 8. The molecule has 0 amide bonds. The molecule has 2 aromatic heterocycles. The van der Waals surface area contributed by atoms with Crippen LogP contribution in [0.15, 0.2) is 36.7 Å². The zero-order valence-electron chi connectivity index (χ0n) is 14.7. The van der Waals surface area contributed by atoms with Crippen molar-refractivity contribution in [1.82, 2.24) is 19.9 Å². The van der Waals surface area contributed by atoms with E-state index >= 15 is 0 Å². The van der Waals surface area contributed by atoms with Crippen LogP contribution in [0.2, 0.25) is 0 Å². The predicted octanol–water partition coefficient (Wildman–Crippen LogP) is 2.42. The van der Waals surface area contributed by atoms with E-state index in [1.165, 1.54) is 12.4 Å². The van der Waals surface area contributed by atoms with Crippen molar-refractivity contribution in [3.05, 3.63) is 48.3 Å². The van der Waals surface area contributed by atoms with E-state index in [1.54, 1.807) is 6.07 Å². The summed E-state index contributed by atoms with van der Waals surface area (Å²) in [6.45, 7) is 2.30. The summed E-state index contributed by atoms with van der Waals surface area (Å²) >= 11 is 0. The molecular weight excluding hydrogens is 370 g/mol. The number of benzene rings is 1. The third-order valence-corrected chi connectivity index (χ3v) is 4.01. The van der Waals surface area contributed by atoms with Gasteiger partial charge in [-0.15, -0.1) is 0 Å². The molecule has 1 aromatic carbocycles. The lowest BCUT2D eigenvalue weighted by Crippen LogP contribution is -2.37. The Morgan fingerprint density at radius 3 is 2.32 bits per heavy atom. The van der Waals surface area contributed by atoms with Gasteiger partial charge in [0.2, 0.25) is 17.8 Å². The Bertz CT molecular complexity index is 960. The number of anilines is 2. The Hall–Kier alpha value is -3.40. The second-order valence-corrected chi connectivity index (χ2v) is 6.03. The van der Waals surface area contributed by atoms with Gasteiger partial charge in [0.1, 0.15) is 17.4 Å². The highest BCUT2D eigenvalue weighted by Crippen LogP contribution is 2.28. The fourth-order valence-electron chi connectivity index (χ4n) is 2.70. The van der Waals surface area contributed by atoms with Gasteiger partial charge in [0.05, 0.1) is 18.9 Å². The number of ether oxygens (including phenoxy) is 2. The number of morpholine rings is 1. The van der Waals surface area contributed by atoms with Crippen molar-refractivity contribution in [3.63, 3.8) is 0 Å². The van der Waals surface area contributed by atoms with Crippen molar-refractivity contribution in [1.29, 1.82) is 0 Å². The van der Waals surface area contributed by atoms with Gasteiger partial charge in [-0.1, -0.05) is 0 Å². The summed E-state index contributed by atoms with van der Waals surface area (Å²) in [4.78, 5) is 18.8. The largest absolute Gasteiger partial charge is 0.439 e. The van der Waals surface area contributed by atoms with Crippen LogP contribution in [-0.2, 0) is 4.74 Å². The lowest BCUT2D eigenvalue weighted by atomic mass is 10.2. The summed E-state index contributed by atoms with van der Waals surface area (Å²) in [6.07, 6.45) is 3.05. The second kappa shape index (κ2) is 7.69. The lowest BCUT2D eigenvalue weighted by molar-refractivity contribution is 0.122. The average Bonchev–Trinajstić information content (AvgIpc) is 2.68. The lowest BCUT2D eigenvalue weighted by Gasteiger charge is -2.27. The van der Waals surface area contributed by atoms with Crippen LogP contribution >= 0.6 is 0 Å². The molecule has 144 valence electrons. The van der Waals surface area contributed by atoms with E-state index in [-0.39, 0.29) is 17.6 Å². The first-order chi connectivity index (χ1) is 13.6. The maximum atomic E-state index is 13.5. The van der Waals surface area contributed by atoms with E-state index in [0.29, 0.717) is 43.5 Å².